The lowest BCUT2D eigenvalue weighted by Crippen LogP contribution is -2.34. The molecule has 0 spiro atoms. The number of amides is 1. The molecule has 1 aromatic heterocycles. The first-order valence-corrected chi connectivity index (χ1v) is 8.20. The zero-order chi connectivity index (χ0) is 17.2. The third-order valence-electron chi connectivity index (χ3n) is 3.90. The number of anilines is 1. The van der Waals surface area contributed by atoms with E-state index in [0.717, 1.165) is 27.6 Å². The van der Waals surface area contributed by atoms with Gasteiger partial charge in [0.15, 0.2) is 5.11 Å². The van der Waals surface area contributed by atoms with Gasteiger partial charge in [0.2, 0.25) is 0 Å². The zero-order valence-corrected chi connectivity index (χ0v) is 14.0. The summed E-state index contributed by atoms with van der Waals surface area (Å²) >= 11 is 5.24. The van der Waals surface area contributed by atoms with Crippen LogP contribution in [0.15, 0.2) is 77.2 Å². The van der Waals surface area contributed by atoms with Crippen molar-refractivity contribution in [2.45, 2.75) is 0 Å². The quantitative estimate of drug-likeness (QED) is 0.516. The van der Waals surface area contributed by atoms with Crippen molar-refractivity contribution < 1.29 is 9.21 Å². The normalized spacial score (nSPS) is 10.7. The molecule has 1 amide bonds. The van der Waals surface area contributed by atoms with Gasteiger partial charge in [-0.15, -0.1) is 0 Å². The summed E-state index contributed by atoms with van der Waals surface area (Å²) in [5, 5.41) is 8.02. The van der Waals surface area contributed by atoms with Gasteiger partial charge in [-0.05, 0) is 48.6 Å². The molecule has 4 nitrogen and oxygen atoms in total. The summed E-state index contributed by atoms with van der Waals surface area (Å²) in [7, 11) is 0. The van der Waals surface area contributed by atoms with Crippen LogP contribution in [0.5, 0.6) is 0 Å². The molecular weight excluding hydrogens is 332 g/mol. The lowest BCUT2D eigenvalue weighted by atomic mass is 10.1. The average molecular weight is 346 g/mol. The van der Waals surface area contributed by atoms with Gasteiger partial charge in [-0.2, -0.15) is 0 Å². The maximum atomic E-state index is 12.1. The van der Waals surface area contributed by atoms with Crippen molar-refractivity contribution in [3.05, 3.63) is 78.4 Å². The Kier molecular flexibility index (Phi) is 3.91. The molecule has 0 aliphatic heterocycles. The van der Waals surface area contributed by atoms with E-state index in [2.05, 4.69) is 10.6 Å². The molecular formula is C20H14N2O2S. The van der Waals surface area contributed by atoms with Crippen LogP contribution in [0, 0.1) is 0 Å². The van der Waals surface area contributed by atoms with Crippen LogP contribution in [0.1, 0.15) is 10.4 Å². The number of benzene rings is 3. The smallest absolute Gasteiger partial charge is 0.257 e. The number of fused-ring (bicyclic) bond motifs is 3. The Hall–Kier alpha value is -3.18. The van der Waals surface area contributed by atoms with Gasteiger partial charge in [0, 0.05) is 22.0 Å². The Bertz CT molecular complexity index is 1090. The van der Waals surface area contributed by atoms with Gasteiger partial charge < -0.3 is 9.73 Å². The Balaban J connectivity index is 1.55. The number of furan rings is 1. The molecule has 1 heterocycles. The zero-order valence-electron chi connectivity index (χ0n) is 13.2. The second-order valence-corrected chi connectivity index (χ2v) is 5.99. The number of carbonyl (C=O) groups excluding carboxylic acids is 1. The highest BCUT2D eigenvalue weighted by Gasteiger charge is 2.09. The molecule has 5 heteroatoms. The summed E-state index contributed by atoms with van der Waals surface area (Å²) in [6.07, 6.45) is 0. The van der Waals surface area contributed by atoms with Crippen molar-refractivity contribution >= 4 is 50.9 Å². The number of nitrogens with one attached hydrogen (secondary N) is 2. The highest BCUT2D eigenvalue weighted by molar-refractivity contribution is 7.80. The van der Waals surface area contributed by atoms with Crippen molar-refractivity contribution in [1.82, 2.24) is 5.32 Å². The first kappa shape index (κ1) is 15.4. The summed E-state index contributed by atoms with van der Waals surface area (Å²) < 4.78 is 5.80. The molecule has 4 rings (SSSR count). The predicted octanol–water partition coefficient (Wildman–Crippen LogP) is 4.71. The van der Waals surface area contributed by atoms with Crippen LogP contribution >= 0.6 is 12.2 Å². The lowest BCUT2D eigenvalue weighted by molar-refractivity contribution is 0.0977. The molecule has 122 valence electrons. The Morgan fingerprint density at radius 2 is 1.56 bits per heavy atom. The van der Waals surface area contributed by atoms with E-state index in [1.807, 2.05) is 60.7 Å². The van der Waals surface area contributed by atoms with Gasteiger partial charge in [-0.1, -0.05) is 36.4 Å². The van der Waals surface area contributed by atoms with Gasteiger partial charge in [0.1, 0.15) is 11.2 Å². The molecule has 0 radical (unpaired) electrons. The molecule has 0 saturated heterocycles. The second-order valence-electron chi connectivity index (χ2n) is 5.58. The molecule has 0 unspecified atom stereocenters. The minimum Gasteiger partial charge on any atom is -0.456 e. The van der Waals surface area contributed by atoms with E-state index >= 15 is 0 Å². The van der Waals surface area contributed by atoms with Crippen molar-refractivity contribution in [1.29, 1.82) is 0 Å². The fourth-order valence-electron chi connectivity index (χ4n) is 2.73. The summed E-state index contributed by atoms with van der Waals surface area (Å²) in [6.45, 7) is 0. The van der Waals surface area contributed by atoms with E-state index in [4.69, 9.17) is 16.6 Å². The van der Waals surface area contributed by atoms with Crippen LogP contribution in [0.3, 0.4) is 0 Å². The summed E-state index contributed by atoms with van der Waals surface area (Å²) in [6, 6.07) is 22.5. The maximum Gasteiger partial charge on any atom is 0.257 e. The van der Waals surface area contributed by atoms with Gasteiger partial charge in [-0.3, -0.25) is 10.1 Å². The van der Waals surface area contributed by atoms with Gasteiger partial charge in [0.05, 0.1) is 0 Å². The van der Waals surface area contributed by atoms with Crippen LogP contribution in [0.25, 0.3) is 21.9 Å². The molecule has 0 fully saturated rings. The molecule has 4 aromatic rings. The van der Waals surface area contributed by atoms with E-state index in [-0.39, 0.29) is 11.0 Å². The molecule has 25 heavy (non-hydrogen) atoms. The van der Waals surface area contributed by atoms with Crippen molar-refractivity contribution in [2.24, 2.45) is 0 Å². The highest BCUT2D eigenvalue weighted by Crippen LogP contribution is 2.30. The number of para-hydroxylation sites is 1. The minimum atomic E-state index is -0.243. The van der Waals surface area contributed by atoms with Crippen LogP contribution in [-0.2, 0) is 0 Å². The Morgan fingerprint density at radius 1 is 0.840 bits per heavy atom. The van der Waals surface area contributed by atoms with Crippen LogP contribution in [-0.4, -0.2) is 11.0 Å². The second kappa shape index (κ2) is 6.37. The number of hydrogen-bond donors (Lipinski definition) is 2. The van der Waals surface area contributed by atoms with Crippen LogP contribution in [0.2, 0.25) is 0 Å². The first-order chi connectivity index (χ1) is 12.2. The van der Waals surface area contributed by atoms with Gasteiger partial charge in [0.25, 0.3) is 5.91 Å². The third-order valence-corrected chi connectivity index (χ3v) is 4.10. The van der Waals surface area contributed by atoms with Gasteiger partial charge in [-0.25, -0.2) is 0 Å². The Morgan fingerprint density at radius 3 is 2.40 bits per heavy atom. The number of hydrogen-bond acceptors (Lipinski definition) is 3. The molecule has 0 aliphatic rings. The topological polar surface area (TPSA) is 54.3 Å². The maximum absolute atomic E-state index is 12.1. The van der Waals surface area contributed by atoms with Crippen molar-refractivity contribution in [3.8, 4) is 0 Å². The van der Waals surface area contributed by atoms with Crippen LogP contribution in [0.4, 0.5) is 5.69 Å². The van der Waals surface area contributed by atoms with Crippen molar-refractivity contribution in [2.75, 3.05) is 5.32 Å². The molecule has 0 aliphatic carbocycles. The predicted molar refractivity (Wildman–Crippen MR) is 104 cm³/mol. The summed E-state index contributed by atoms with van der Waals surface area (Å²) in [5.74, 6) is -0.243. The van der Waals surface area contributed by atoms with Crippen LogP contribution < -0.4 is 10.6 Å². The Labute approximate surface area is 149 Å². The lowest BCUT2D eigenvalue weighted by Gasteiger charge is -2.09. The minimum absolute atomic E-state index is 0.243. The molecule has 3 aromatic carbocycles. The largest absolute Gasteiger partial charge is 0.456 e. The van der Waals surface area contributed by atoms with E-state index in [1.165, 1.54) is 0 Å². The van der Waals surface area contributed by atoms with E-state index < -0.39 is 0 Å². The SMILES string of the molecule is O=C(NC(=S)Nc1ccc2oc3ccccc3c2c1)c1ccccc1. The fraction of sp³-hybridized carbons (Fsp3) is 0. The van der Waals surface area contributed by atoms with E-state index in [9.17, 15) is 4.79 Å². The van der Waals surface area contributed by atoms with E-state index in [1.54, 1.807) is 12.1 Å². The molecule has 2 N–H and O–H groups in total. The average Bonchev–Trinajstić information content (AvgIpc) is 3.00. The molecule has 0 bridgehead atoms. The number of rotatable bonds is 2. The molecule has 0 atom stereocenters. The van der Waals surface area contributed by atoms with Gasteiger partial charge >= 0.3 is 0 Å². The number of thiocarbonyl (C=S) groups is 1. The monoisotopic (exact) mass is 346 g/mol. The summed E-state index contributed by atoms with van der Waals surface area (Å²) in [5.41, 5.74) is 3.00. The summed E-state index contributed by atoms with van der Waals surface area (Å²) in [4.78, 5) is 12.1. The first-order valence-electron chi connectivity index (χ1n) is 7.79. The molecule has 0 saturated carbocycles. The standard InChI is InChI=1S/C20H14N2O2S/c23-19(13-6-2-1-3-7-13)22-20(25)21-14-10-11-18-16(12-14)15-8-4-5-9-17(15)24-18/h1-12H,(H2,21,22,23,25). The fourth-order valence-corrected chi connectivity index (χ4v) is 2.94. The third kappa shape index (κ3) is 3.09. The van der Waals surface area contributed by atoms with Crippen molar-refractivity contribution in [3.63, 3.8) is 0 Å². The van der Waals surface area contributed by atoms with E-state index in [0.29, 0.717) is 5.56 Å². The highest BCUT2D eigenvalue weighted by atomic mass is 32.1. The number of carbonyl (C=O) groups is 1.